The van der Waals surface area contributed by atoms with E-state index in [2.05, 4.69) is 37.7 Å². The maximum Gasteiger partial charge on any atom is 0.0644 e. The van der Waals surface area contributed by atoms with Crippen LogP contribution in [0.3, 0.4) is 0 Å². The molecule has 4 heteroatoms. The average molecular weight is 264 g/mol. The van der Waals surface area contributed by atoms with E-state index in [0.29, 0.717) is 18.0 Å². The van der Waals surface area contributed by atoms with Gasteiger partial charge in [0.25, 0.3) is 0 Å². The smallest absolute Gasteiger partial charge is 0.0644 e. The Labute approximate surface area is 117 Å². The van der Waals surface area contributed by atoms with Gasteiger partial charge in [-0.1, -0.05) is 13.3 Å². The topological polar surface area (TPSA) is 47.1 Å². The van der Waals surface area contributed by atoms with E-state index in [9.17, 15) is 0 Å². The largest absolute Gasteiger partial charge is 0.327 e. The van der Waals surface area contributed by atoms with Crippen molar-refractivity contribution in [3.63, 3.8) is 0 Å². The lowest BCUT2D eigenvalue weighted by molar-refractivity contribution is 0.113. The molecule has 0 radical (unpaired) electrons. The maximum atomic E-state index is 6.21. The lowest BCUT2D eigenvalue weighted by Crippen LogP contribution is -2.47. The van der Waals surface area contributed by atoms with Crippen LogP contribution in [0.25, 0.3) is 0 Å². The third-order valence-corrected chi connectivity index (χ3v) is 4.88. The van der Waals surface area contributed by atoms with E-state index < -0.39 is 0 Å². The highest BCUT2D eigenvalue weighted by Crippen LogP contribution is 2.30. The van der Waals surface area contributed by atoms with Crippen LogP contribution in [0, 0.1) is 19.8 Å². The molecule has 1 aliphatic rings. The minimum atomic E-state index is 0.379. The summed E-state index contributed by atoms with van der Waals surface area (Å²) in [6.45, 7) is 11.1. The average Bonchev–Trinajstić information content (AvgIpc) is 2.63. The molecule has 19 heavy (non-hydrogen) atoms. The second kappa shape index (κ2) is 5.63. The highest BCUT2D eigenvalue weighted by atomic mass is 15.3. The molecule has 0 saturated carbocycles. The first-order valence-electron chi connectivity index (χ1n) is 7.45. The normalized spacial score (nSPS) is 26.6. The van der Waals surface area contributed by atoms with Gasteiger partial charge in [0.1, 0.15) is 0 Å². The maximum absolute atomic E-state index is 6.21. The molecule has 0 aromatic carbocycles. The fourth-order valence-corrected chi connectivity index (χ4v) is 3.44. The zero-order valence-corrected chi connectivity index (χ0v) is 13.0. The zero-order chi connectivity index (χ0) is 14.2. The number of nitrogens with zero attached hydrogens (tertiary/aromatic N) is 3. The van der Waals surface area contributed by atoms with E-state index >= 15 is 0 Å². The van der Waals surface area contributed by atoms with Crippen LogP contribution in [0.4, 0.5) is 0 Å². The molecule has 1 aromatic heterocycles. The van der Waals surface area contributed by atoms with Gasteiger partial charge in [0.2, 0.25) is 0 Å². The molecule has 0 bridgehead atoms. The van der Waals surface area contributed by atoms with E-state index in [0.717, 1.165) is 25.2 Å². The number of piperidine rings is 1. The van der Waals surface area contributed by atoms with E-state index in [4.69, 9.17) is 5.73 Å². The van der Waals surface area contributed by atoms with Crippen molar-refractivity contribution >= 4 is 0 Å². The zero-order valence-electron chi connectivity index (χ0n) is 13.0. The summed E-state index contributed by atoms with van der Waals surface area (Å²) in [5.41, 5.74) is 10.1. The Morgan fingerprint density at radius 2 is 2.11 bits per heavy atom. The molecule has 0 amide bonds. The Morgan fingerprint density at radius 3 is 2.63 bits per heavy atom. The van der Waals surface area contributed by atoms with Crippen molar-refractivity contribution < 1.29 is 0 Å². The molecule has 0 aliphatic carbocycles. The molecule has 1 saturated heterocycles. The summed E-state index contributed by atoms with van der Waals surface area (Å²) in [6, 6.07) is 0.819. The Kier molecular flexibility index (Phi) is 4.31. The molecule has 2 heterocycles. The Bertz CT molecular complexity index is 438. The third kappa shape index (κ3) is 2.70. The predicted octanol–water partition coefficient (Wildman–Crippen LogP) is 2.16. The van der Waals surface area contributed by atoms with Crippen LogP contribution < -0.4 is 5.73 Å². The van der Waals surface area contributed by atoms with Crippen molar-refractivity contribution in [1.29, 1.82) is 0 Å². The lowest BCUT2D eigenvalue weighted by atomic mass is 9.89. The third-order valence-electron chi connectivity index (χ3n) is 4.88. The van der Waals surface area contributed by atoms with E-state index in [1.165, 1.54) is 17.7 Å². The highest BCUT2D eigenvalue weighted by Gasteiger charge is 2.30. The number of aryl methyl sites for hydroxylation is 2. The molecule has 2 N–H and O–H groups in total. The first-order valence-corrected chi connectivity index (χ1v) is 7.45. The van der Waals surface area contributed by atoms with Crippen LogP contribution in [0.15, 0.2) is 0 Å². The Hall–Kier alpha value is -0.870. The molecule has 1 fully saturated rings. The molecule has 3 atom stereocenters. The Balaban J connectivity index is 2.17. The van der Waals surface area contributed by atoms with Crippen molar-refractivity contribution in [1.82, 2.24) is 14.7 Å². The van der Waals surface area contributed by atoms with Crippen molar-refractivity contribution in [2.45, 2.75) is 52.6 Å². The number of aromatic nitrogens is 2. The highest BCUT2D eigenvalue weighted by molar-refractivity contribution is 5.27. The van der Waals surface area contributed by atoms with Gasteiger partial charge in [-0.2, -0.15) is 5.10 Å². The Morgan fingerprint density at radius 1 is 1.42 bits per heavy atom. The van der Waals surface area contributed by atoms with Crippen LogP contribution in [0.2, 0.25) is 0 Å². The summed E-state index contributed by atoms with van der Waals surface area (Å²) in [5.74, 6) is 0.633. The molecule has 108 valence electrons. The number of likely N-dealkylation sites (tertiary alicyclic amines) is 1. The molecule has 4 nitrogen and oxygen atoms in total. The fraction of sp³-hybridized carbons (Fsp3) is 0.800. The van der Waals surface area contributed by atoms with Gasteiger partial charge in [0.15, 0.2) is 0 Å². The van der Waals surface area contributed by atoms with Crippen LogP contribution >= 0.6 is 0 Å². The van der Waals surface area contributed by atoms with Crippen LogP contribution in [-0.4, -0.2) is 33.8 Å². The summed E-state index contributed by atoms with van der Waals surface area (Å²) < 4.78 is 1.99. The first-order chi connectivity index (χ1) is 8.95. The number of hydrogen-bond donors (Lipinski definition) is 1. The lowest BCUT2D eigenvalue weighted by Gasteiger charge is -2.40. The molecular weight excluding hydrogens is 236 g/mol. The van der Waals surface area contributed by atoms with Gasteiger partial charge in [0.05, 0.1) is 5.69 Å². The van der Waals surface area contributed by atoms with E-state index in [1.54, 1.807) is 0 Å². The standard InChI is InChI=1S/C15H28N4/c1-6-13-9-19(8-7-14(13)16)12(4)15-10(2)17-18(5)11(15)3/h12-14H,6-9,16H2,1-5H3. The van der Waals surface area contributed by atoms with Gasteiger partial charge in [-0.25, -0.2) is 0 Å². The summed E-state index contributed by atoms with van der Waals surface area (Å²) in [5, 5.41) is 4.55. The summed E-state index contributed by atoms with van der Waals surface area (Å²) in [6.07, 6.45) is 2.29. The monoisotopic (exact) mass is 264 g/mol. The van der Waals surface area contributed by atoms with Crippen molar-refractivity contribution in [2.75, 3.05) is 13.1 Å². The van der Waals surface area contributed by atoms with Crippen LogP contribution in [0.5, 0.6) is 0 Å². The predicted molar refractivity (Wildman–Crippen MR) is 79.0 cm³/mol. The minimum Gasteiger partial charge on any atom is -0.327 e. The van der Waals surface area contributed by atoms with Gasteiger partial charge >= 0.3 is 0 Å². The van der Waals surface area contributed by atoms with Gasteiger partial charge < -0.3 is 5.73 Å². The summed E-state index contributed by atoms with van der Waals surface area (Å²) >= 11 is 0. The van der Waals surface area contributed by atoms with Crippen molar-refractivity contribution in [3.05, 3.63) is 17.0 Å². The van der Waals surface area contributed by atoms with Crippen molar-refractivity contribution in [3.8, 4) is 0 Å². The molecule has 0 spiro atoms. The second-order valence-corrected chi connectivity index (χ2v) is 6.00. The van der Waals surface area contributed by atoms with Gasteiger partial charge in [-0.05, 0) is 33.1 Å². The van der Waals surface area contributed by atoms with Gasteiger partial charge in [-0.15, -0.1) is 0 Å². The quantitative estimate of drug-likeness (QED) is 0.910. The van der Waals surface area contributed by atoms with Crippen LogP contribution in [0.1, 0.15) is 49.7 Å². The van der Waals surface area contributed by atoms with Gasteiger partial charge in [0, 0.05) is 43.5 Å². The number of rotatable bonds is 3. The van der Waals surface area contributed by atoms with E-state index in [1.807, 2.05) is 11.7 Å². The fourth-order valence-electron chi connectivity index (χ4n) is 3.44. The van der Waals surface area contributed by atoms with Gasteiger partial charge in [-0.3, -0.25) is 9.58 Å². The molecule has 2 rings (SSSR count). The van der Waals surface area contributed by atoms with Crippen molar-refractivity contribution in [2.24, 2.45) is 18.7 Å². The SMILES string of the molecule is CCC1CN(C(C)c2c(C)nn(C)c2C)CCC1N. The molecule has 1 aliphatic heterocycles. The summed E-state index contributed by atoms with van der Waals surface area (Å²) in [4.78, 5) is 2.58. The van der Waals surface area contributed by atoms with Crippen LogP contribution in [-0.2, 0) is 7.05 Å². The summed E-state index contributed by atoms with van der Waals surface area (Å²) in [7, 11) is 2.03. The first kappa shape index (κ1) is 14.5. The number of hydrogen-bond acceptors (Lipinski definition) is 3. The molecule has 1 aromatic rings. The molecular formula is C15H28N4. The van der Waals surface area contributed by atoms with E-state index in [-0.39, 0.29) is 0 Å². The second-order valence-electron chi connectivity index (χ2n) is 6.00. The molecule has 3 unspecified atom stereocenters. The minimum absolute atomic E-state index is 0.379. The number of nitrogens with two attached hydrogens (primary N) is 1.